The Balaban J connectivity index is 1.89. The topological polar surface area (TPSA) is 134 Å². The molecule has 0 bridgehead atoms. The molecule has 1 fully saturated rings. The number of carbonyl (C=O) groups excluding carboxylic acids is 3. The predicted octanol–water partition coefficient (Wildman–Crippen LogP) is 1.79. The summed E-state index contributed by atoms with van der Waals surface area (Å²) >= 11 is 5.83. The molecule has 1 aliphatic rings. The van der Waals surface area contributed by atoms with Gasteiger partial charge in [-0.2, -0.15) is 5.26 Å². The zero-order valence-electron chi connectivity index (χ0n) is 14.8. The largest absolute Gasteiger partial charge is 0.456 e. The van der Waals surface area contributed by atoms with E-state index in [-0.39, 0.29) is 12.3 Å². The zero-order chi connectivity index (χ0) is 20.0. The summed E-state index contributed by atoms with van der Waals surface area (Å²) in [5.41, 5.74) is 4.82. The lowest BCUT2D eigenvalue weighted by Gasteiger charge is -2.23. The lowest BCUT2D eigenvalue weighted by Crippen LogP contribution is -2.48. The number of halogens is 1. The summed E-state index contributed by atoms with van der Waals surface area (Å²) < 4.78 is 4.97. The van der Waals surface area contributed by atoms with Crippen LogP contribution >= 0.6 is 11.6 Å². The lowest BCUT2D eigenvalue weighted by atomic mass is 9.98. The van der Waals surface area contributed by atoms with E-state index in [1.165, 1.54) is 0 Å². The van der Waals surface area contributed by atoms with Crippen molar-refractivity contribution < 1.29 is 19.1 Å². The van der Waals surface area contributed by atoms with E-state index in [2.05, 4.69) is 16.7 Å². The maximum atomic E-state index is 12.1. The van der Waals surface area contributed by atoms with Gasteiger partial charge in [-0.1, -0.05) is 23.7 Å². The number of primary amides is 1. The number of hydrogen-bond donors (Lipinski definition) is 3. The Morgan fingerprint density at radius 3 is 2.52 bits per heavy atom. The van der Waals surface area contributed by atoms with E-state index in [1.54, 1.807) is 31.2 Å². The van der Waals surface area contributed by atoms with Crippen molar-refractivity contribution in [3.8, 4) is 6.07 Å². The number of esters is 1. The molecule has 27 heavy (non-hydrogen) atoms. The normalized spacial score (nSPS) is 16.3. The molecule has 1 saturated carbocycles. The van der Waals surface area contributed by atoms with Gasteiger partial charge in [0, 0.05) is 5.02 Å². The van der Waals surface area contributed by atoms with Crippen LogP contribution < -0.4 is 16.4 Å². The molecule has 4 N–H and O–H groups in total. The summed E-state index contributed by atoms with van der Waals surface area (Å²) in [6, 6.07) is 7.11. The average molecular weight is 393 g/mol. The van der Waals surface area contributed by atoms with E-state index >= 15 is 0 Å². The Labute approximate surface area is 162 Å². The first-order valence-electron chi connectivity index (χ1n) is 8.43. The number of carbonyl (C=O) groups is 3. The lowest BCUT2D eigenvalue weighted by molar-refractivity contribution is -0.149. The Morgan fingerprint density at radius 1 is 1.37 bits per heavy atom. The fourth-order valence-electron chi connectivity index (χ4n) is 2.70. The summed E-state index contributed by atoms with van der Waals surface area (Å²) in [6.07, 6.45) is 1.55. The second-order valence-corrected chi connectivity index (χ2v) is 7.05. The maximum Gasteiger partial charge on any atom is 0.312 e. The summed E-state index contributed by atoms with van der Waals surface area (Å²) in [7, 11) is 0. The SMILES string of the molecule is C[C@@](C#N)(NC(=O)COC(=O)C[C@H](NC(N)=O)c1ccc(Cl)cc1)C1CC1. The highest BCUT2D eigenvalue weighted by molar-refractivity contribution is 6.30. The molecule has 144 valence electrons. The third-order valence-corrected chi connectivity index (χ3v) is 4.60. The molecule has 1 aliphatic carbocycles. The Kier molecular flexibility index (Phi) is 6.64. The highest BCUT2D eigenvalue weighted by atomic mass is 35.5. The van der Waals surface area contributed by atoms with Gasteiger partial charge >= 0.3 is 12.0 Å². The van der Waals surface area contributed by atoms with Crippen LogP contribution in [0.3, 0.4) is 0 Å². The highest BCUT2D eigenvalue weighted by Gasteiger charge is 2.43. The predicted molar refractivity (Wildman–Crippen MR) is 97.4 cm³/mol. The minimum absolute atomic E-state index is 0.121. The van der Waals surface area contributed by atoms with Gasteiger partial charge in [0.1, 0.15) is 5.54 Å². The molecule has 2 rings (SSSR count). The molecule has 2 atom stereocenters. The van der Waals surface area contributed by atoms with Crippen LogP contribution in [0.15, 0.2) is 24.3 Å². The van der Waals surface area contributed by atoms with Crippen molar-refractivity contribution in [2.24, 2.45) is 11.7 Å². The fraction of sp³-hybridized carbons (Fsp3) is 0.444. The molecule has 0 aromatic heterocycles. The third-order valence-electron chi connectivity index (χ3n) is 4.35. The molecule has 1 aromatic rings. The number of rotatable bonds is 8. The molecule has 0 unspecified atom stereocenters. The van der Waals surface area contributed by atoms with Crippen LogP contribution in [-0.2, 0) is 14.3 Å². The van der Waals surface area contributed by atoms with Gasteiger partial charge in [0.15, 0.2) is 6.61 Å². The first-order chi connectivity index (χ1) is 12.7. The van der Waals surface area contributed by atoms with Crippen molar-refractivity contribution in [2.75, 3.05) is 6.61 Å². The highest BCUT2D eigenvalue weighted by Crippen LogP contribution is 2.39. The van der Waals surface area contributed by atoms with Gasteiger partial charge in [0.2, 0.25) is 0 Å². The smallest absolute Gasteiger partial charge is 0.312 e. The van der Waals surface area contributed by atoms with Crippen molar-refractivity contribution in [2.45, 2.75) is 37.8 Å². The minimum atomic E-state index is -0.955. The summed E-state index contributed by atoms with van der Waals surface area (Å²) in [5, 5.41) is 14.8. The molecule has 0 radical (unpaired) electrons. The van der Waals surface area contributed by atoms with Crippen LogP contribution in [0.4, 0.5) is 4.79 Å². The first kappa shape index (κ1) is 20.5. The number of ether oxygens (including phenoxy) is 1. The zero-order valence-corrected chi connectivity index (χ0v) is 15.6. The van der Waals surface area contributed by atoms with Gasteiger partial charge in [-0.3, -0.25) is 9.59 Å². The first-order valence-corrected chi connectivity index (χ1v) is 8.80. The molecule has 9 heteroatoms. The molecule has 0 saturated heterocycles. The Bertz CT molecular complexity index is 758. The van der Waals surface area contributed by atoms with Crippen molar-refractivity contribution in [1.29, 1.82) is 5.26 Å². The van der Waals surface area contributed by atoms with Crippen LogP contribution in [0.1, 0.15) is 37.8 Å². The molecule has 1 aromatic carbocycles. The van der Waals surface area contributed by atoms with Crippen LogP contribution in [0, 0.1) is 17.2 Å². The number of nitrogens with one attached hydrogen (secondary N) is 2. The number of amides is 3. The number of nitriles is 1. The van der Waals surface area contributed by atoms with Gasteiger partial charge in [-0.15, -0.1) is 0 Å². The fourth-order valence-corrected chi connectivity index (χ4v) is 2.82. The average Bonchev–Trinajstić information content (AvgIpc) is 3.45. The van der Waals surface area contributed by atoms with Crippen LogP contribution in [-0.4, -0.2) is 30.1 Å². The van der Waals surface area contributed by atoms with E-state index in [1.807, 2.05) is 0 Å². The van der Waals surface area contributed by atoms with Gasteiger partial charge < -0.3 is 21.1 Å². The molecular formula is C18H21ClN4O4. The summed E-state index contributed by atoms with van der Waals surface area (Å²) in [5.74, 6) is -1.12. The third kappa shape index (κ3) is 6.15. The van der Waals surface area contributed by atoms with Gasteiger partial charge in [-0.25, -0.2) is 4.79 Å². The summed E-state index contributed by atoms with van der Waals surface area (Å²) in [4.78, 5) is 35.3. The van der Waals surface area contributed by atoms with Crippen molar-refractivity contribution >= 4 is 29.5 Å². The Hall–Kier alpha value is -2.79. The van der Waals surface area contributed by atoms with Crippen LogP contribution in [0.5, 0.6) is 0 Å². The molecule has 0 heterocycles. The second-order valence-electron chi connectivity index (χ2n) is 6.61. The van der Waals surface area contributed by atoms with E-state index < -0.39 is 36.1 Å². The number of urea groups is 1. The van der Waals surface area contributed by atoms with E-state index in [0.717, 1.165) is 12.8 Å². The second kappa shape index (κ2) is 8.73. The monoisotopic (exact) mass is 392 g/mol. The molecule has 3 amide bonds. The van der Waals surface area contributed by atoms with E-state index in [4.69, 9.17) is 22.1 Å². The number of benzene rings is 1. The number of hydrogen-bond acceptors (Lipinski definition) is 5. The van der Waals surface area contributed by atoms with Gasteiger partial charge in [0.05, 0.1) is 18.5 Å². The number of nitrogens with zero attached hydrogens (tertiary/aromatic N) is 1. The van der Waals surface area contributed by atoms with E-state index in [9.17, 15) is 19.6 Å². The van der Waals surface area contributed by atoms with Crippen LogP contribution in [0.2, 0.25) is 5.02 Å². The van der Waals surface area contributed by atoms with Crippen LogP contribution in [0.25, 0.3) is 0 Å². The quantitative estimate of drug-likeness (QED) is 0.580. The van der Waals surface area contributed by atoms with Crippen molar-refractivity contribution in [1.82, 2.24) is 10.6 Å². The standard InChI is InChI=1S/C18H21ClN4O4/c1-18(10-20,12-4-5-12)23-15(24)9-27-16(25)8-14(22-17(21)26)11-2-6-13(19)7-3-11/h2-3,6-7,12,14H,4-5,8-9H2,1H3,(H,23,24)(H3,21,22,26)/t14-,18-/m0/s1. The molecular weight excluding hydrogens is 372 g/mol. The van der Waals surface area contributed by atoms with Gasteiger partial charge in [-0.05, 0) is 43.4 Å². The minimum Gasteiger partial charge on any atom is -0.456 e. The van der Waals surface area contributed by atoms with Crippen molar-refractivity contribution in [3.63, 3.8) is 0 Å². The molecule has 0 spiro atoms. The summed E-state index contributed by atoms with van der Waals surface area (Å²) in [6.45, 7) is 1.14. The maximum absolute atomic E-state index is 12.1. The molecule has 0 aliphatic heterocycles. The molecule has 8 nitrogen and oxygen atoms in total. The van der Waals surface area contributed by atoms with Gasteiger partial charge in [0.25, 0.3) is 5.91 Å². The Morgan fingerprint density at radius 2 is 2.00 bits per heavy atom. The van der Waals surface area contributed by atoms with E-state index in [0.29, 0.717) is 10.6 Å². The van der Waals surface area contributed by atoms with Crippen molar-refractivity contribution in [3.05, 3.63) is 34.9 Å². The number of nitrogens with two attached hydrogens (primary N) is 1.